The maximum absolute atomic E-state index is 11.9. The Balaban J connectivity index is 0.00000342. The Hall–Kier alpha value is -2.82. The number of aromatic nitrogens is 1. The number of benzene rings is 3. The van der Waals surface area contributed by atoms with Crippen molar-refractivity contribution in [2.75, 3.05) is 12.3 Å². The van der Waals surface area contributed by atoms with E-state index in [2.05, 4.69) is 29.1 Å². The van der Waals surface area contributed by atoms with Gasteiger partial charge in [0.15, 0.2) is 0 Å². The molecule has 0 radical (unpaired) electrons. The van der Waals surface area contributed by atoms with E-state index in [0.717, 1.165) is 17.0 Å². The monoisotopic (exact) mass is 500 g/mol. The molecule has 0 amide bonds. The molecule has 1 heterocycles. The zero-order valence-electron chi connectivity index (χ0n) is 18.7. The number of anilines is 1. The second kappa shape index (κ2) is 11.3. The molecule has 0 unspecified atom stereocenters. The van der Waals surface area contributed by atoms with E-state index in [1.165, 1.54) is 6.07 Å². The molecule has 3 aromatic carbocycles. The summed E-state index contributed by atoms with van der Waals surface area (Å²) in [4.78, 5) is 4.20. The predicted octanol–water partition coefficient (Wildman–Crippen LogP) is 5.53. The summed E-state index contributed by atoms with van der Waals surface area (Å²) in [6.45, 7) is 4.77. The number of azo groups is 1. The van der Waals surface area contributed by atoms with Crippen LogP contribution in [0.4, 0.5) is 17.1 Å². The molecule has 0 aliphatic rings. The summed E-state index contributed by atoms with van der Waals surface area (Å²) in [5, 5.41) is 9.06. The van der Waals surface area contributed by atoms with Gasteiger partial charge in [-0.1, -0.05) is 50.2 Å². The number of ether oxygens (including phenoxy) is 1. The summed E-state index contributed by atoms with van der Waals surface area (Å²) in [5.41, 5.74) is 8.62. The Labute approximate surface area is 226 Å². The van der Waals surface area contributed by atoms with Gasteiger partial charge in [0.25, 0.3) is 10.1 Å². The Morgan fingerprint density at radius 3 is 2.34 bits per heavy atom. The van der Waals surface area contributed by atoms with Gasteiger partial charge in [0.1, 0.15) is 22.0 Å². The van der Waals surface area contributed by atoms with Crippen LogP contribution in [0.1, 0.15) is 13.8 Å². The van der Waals surface area contributed by atoms with Gasteiger partial charge in [-0.05, 0) is 36.2 Å². The summed E-state index contributed by atoms with van der Waals surface area (Å²) >= 11 is 0. The third-order valence-corrected chi connectivity index (χ3v) is 5.95. The molecule has 0 saturated heterocycles. The fourth-order valence-electron chi connectivity index (χ4n) is 3.42. The van der Waals surface area contributed by atoms with Crippen molar-refractivity contribution in [1.82, 2.24) is 4.98 Å². The number of nitrogen functional groups attached to an aromatic ring is 1. The van der Waals surface area contributed by atoms with Crippen LogP contribution >= 0.6 is 0 Å². The van der Waals surface area contributed by atoms with Gasteiger partial charge < -0.3 is 10.5 Å². The van der Waals surface area contributed by atoms with Crippen LogP contribution < -0.4 is 10.5 Å². The zero-order valence-corrected chi connectivity index (χ0v) is 19.5. The summed E-state index contributed by atoms with van der Waals surface area (Å²) in [7, 11) is -4.48. The molecule has 0 saturated carbocycles. The molecule has 0 bridgehead atoms. The van der Waals surface area contributed by atoms with Crippen molar-refractivity contribution in [3.63, 3.8) is 0 Å². The first-order valence-electron chi connectivity index (χ1n) is 10.6. The minimum absolute atomic E-state index is 0. The van der Waals surface area contributed by atoms with Crippen molar-refractivity contribution >= 4 is 67.5 Å². The molecule has 176 valence electrons. The van der Waals surface area contributed by atoms with Gasteiger partial charge in [-0.2, -0.15) is 8.42 Å². The first kappa shape index (κ1) is 26.8. The zero-order chi connectivity index (χ0) is 24.3. The van der Waals surface area contributed by atoms with Crippen LogP contribution in [0, 0.1) is 5.92 Å². The Morgan fingerprint density at radius 1 is 1.00 bits per heavy atom. The molecule has 0 aliphatic heterocycles. The molecule has 3 N–H and O–H groups in total. The molecule has 4 rings (SSSR count). The van der Waals surface area contributed by atoms with Gasteiger partial charge in [-0.25, -0.2) is 0 Å². The van der Waals surface area contributed by atoms with Gasteiger partial charge in [-0.3, -0.25) is 9.54 Å². The van der Waals surface area contributed by atoms with Crippen molar-refractivity contribution in [2.24, 2.45) is 16.1 Å². The van der Waals surface area contributed by atoms with Crippen LogP contribution in [0.25, 0.3) is 22.0 Å². The van der Waals surface area contributed by atoms with E-state index < -0.39 is 10.1 Å². The third kappa shape index (κ3) is 6.25. The Kier molecular flexibility index (Phi) is 8.63. The Morgan fingerprint density at radius 2 is 1.69 bits per heavy atom. The van der Waals surface area contributed by atoms with E-state index in [9.17, 15) is 13.0 Å². The van der Waals surface area contributed by atoms with Crippen LogP contribution in [0.5, 0.6) is 5.75 Å². The molecular formula is C25H25N4NaO4S. The van der Waals surface area contributed by atoms with Crippen LogP contribution in [-0.4, -0.2) is 54.1 Å². The molecular weight excluding hydrogens is 475 g/mol. The van der Waals surface area contributed by atoms with Crippen molar-refractivity contribution in [3.05, 3.63) is 72.9 Å². The second-order valence-electron chi connectivity index (χ2n) is 8.13. The van der Waals surface area contributed by atoms with Gasteiger partial charge >= 0.3 is 29.6 Å². The molecule has 0 atom stereocenters. The van der Waals surface area contributed by atoms with E-state index in [-0.39, 0.29) is 45.8 Å². The molecule has 4 aromatic rings. The van der Waals surface area contributed by atoms with Gasteiger partial charge in [-0.15, -0.1) is 10.2 Å². The van der Waals surface area contributed by atoms with E-state index in [0.29, 0.717) is 29.0 Å². The van der Waals surface area contributed by atoms with E-state index >= 15 is 0 Å². The first-order chi connectivity index (χ1) is 16.2. The number of pyridine rings is 1. The third-order valence-electron chi connectivity index (χ3n) is 5.06. The number of nitrogens with two attached hydrogens (primary N) is 1. The normalized spacial score (nSPS) is 11.7. The van der Waals surface area contributed by atoms with Gasteiger partial charge in [0, 0.05) is 16.3 Å². The van der Waals surface area contributed by atoms with Crippen LogP contribution in [0.15, 0.2) is 88.1 Å². The van der Waals surface area contributed by atoms with Crippen molar-refractivity contribution < 1.29 is 17.7 Å². The van der Waals surface area contributed by atoms with Gasteiger partial charge in [0.2, 0.25) is 0 Å². The number of hydrogen-bond acceptors (Lipinski definition) is 7. The van der Waals surface area contributed by atoms with Gasteiger partial charge in [0.05, 0.1) is 24.2 Å². The van der Waals surface area contributed by atoms with Crippen LogP contribution in [0.3, 0.4) is 0 Å². The maximum atomic E-state index is 11.9. The fraction of sp³-hybridized carbons (Fsp3) is 0.160. The number of nitrogens with zero attached hydrogens (tertiary/aromatic N) is 3. The molecule has 8 nitrogen and oxygen atoms in total. The SMILES string of the molecule is CC(C)COc1ccccc1-c1ccc(/N=N/c2cc(S(=O)(=O)O)c3ccccc3c2N)cn1.[NaH]. The Bertz CT molecular complexity index is 1470. The topological polar surface area (TPSA) is 127 Å². The van der Waals surface area contributed by atoms with Crippen molar-refractivity contribution in [2.45, 2.75) is 18.7 Å². The fourth-order valence-corrected chi connectivity index (χ4v) is 4.14. The van der Waals surface area contributed by atoms with E-state index in [4.69, 9.17) is 10.5 Å². The number of rotatable bonds is 7. The average molecular weight is 501 g/mol. The predicted molar refractivity (Wildman–Crippen MR) is 140 cm³/mol. The van der Waals surface area contributed by atoms with Crippen molar-refractivity contribution in [3.8, 4) is 17.0 Å². The summed E-state index contributed by atoms with van der Waals surface area (Å²) in [6.07, 6.45) is 1.55. The van der Waals surface area contributed by atoms with E-state index in [1.54, 1.807) is 42.6 Å². The summed E-state index contributed by atoms with van der Waals surface area (Å²) < 4.78 is 39.3. The number of para-hydroxylation sites is 1. The quantitative estimate of drug-likeness (QED) is 0.149. The van der Waals surface area contributed by atoms with Crippen molar-refractivity contribution in [1.29, 1.82) is 0 Å². The number of hydrogen-bond donors (Lipinski definition) is 2. The summed E-state index contributed by atoms with van der Waals surface area (Å²) in [6, 6.07) is 19.0. The number of fused-ring (bicyclic) bond motifs is 1. The second-order valence-corrected chi connectivity index (χ2v) is 9.52. The van der Waals surface area contributed by atoms with Crippen LogP contribution in [0.2, 0.25) is 0 Å². The first-order valence-corrected chi connectivity index (χ1v) is 12.1. The molecule has 0 fully saturated rings. The standard InChI is InChI=1S/C25H24N4O4S.Na.H/c1-16(2)15-33-23-10-6-5-9-20(23)21-12-11-17(14-27-21)28-29-22-13-24(34(30,31)32)18-7-3-4-8-19(18)25(22)26;;/h3-14,16H,15,26H2,1-2H3,(H,30,31,32);;/b29-28+;;. The average Bonchev–Trinajstić information content (AvgIpc) is 2.82. The van der Waals surface area contributed by atoms with Crippen LogP contribution in [-0.2, 0) is 10.1 Å². The molecule has 1 aromatic heterocycles. The molecule has 10 heteroatoms. The minimum atomic E-state index is -4.48. The summed E-state index contributed by atoms with van der Waals surface area (Å²) in [5.74, 6) is 1.15. The molecule has 0 aliphatic carbocycles. The molecule has 0 spiro atoms. The molecule has 35 heavy (non-hydrogen) atoms. The van der Waals surface area contributed by atoms with E-state index in [1.807, 2.05) is 24.3 Å².